The minimum atomic E-state index is -1.43. The lowest BCUT2D eigenvalue weighted by Gasteiger charge is -2.39. The quantitative estimate of drug-likeness (QED) is 0.389. The predicted octanol–water partition coefficient (Wildman–Crippen LogP) is -2.56. The highest BCUT2D eigenvalue weighted by Crippen LogP contribution is 2.21. The Morgan fingerprint density at radius 2 is 1.87 bits per heavy atom. The van der Waals surface area contributed by atoms with Crippen LogP contribution in [-0.4, -0.2) is 64.3 Å². The topological polar surface area (TPSA) is 99.4 Å². The molecular weight excluding hydrogens is 204 g/mol. The molecule has 5 atom stereocenters. The summed E-state index contributed by atoms with van der Waals surface area (Å²) in [6.45, 7) is -0.580. The number of ether oxygens (including phenoxy) is 2. The van der Waals surface area contributed by atoms with Gasteiger partial charge in [-0.2, -0.15) is 0 Å². The molecule has 0 radical (unpaired) electrons. The van der Waals surface area contributed by atoms with E-state index in [4.69, 9.17) is 21.0 Å². The number of terminal acetylenes is 1. The van der Waals surface area contributed by atoms with Crippen molar-refractivity contribution < 1.29 is 29.9 Å². The van der Waals surface area contributed by atoms with Gasteiger partial charge in [0.15, 0.2) is 6.29 Å². The highest BCUT2D eigenvalue weighted by Gasteiger charge is 2.43. The summed E-state index contributed by atoms with van der Waals surface area (Å²) in [7, 11) is 0. The molecule has 1 fully saturated rings. The van der Waals surface area contributed by atoms with Gasteiger partial charge in [-0.25, -0.2) is 0 Å². The molecule has 1 heterocycles. The second-order valence-electron chi connectivity index (χ2n) is 3.21. The van der Waals surface area contributed by atoms with E-state index in [1.807, 2.05) is 0 Å². The smallest absolute Gasteiger partial charge is 0.187 e. The van der Waals surface area contributed by atoms with E-state index in [-0.39, 0.29) is 6.61 Å². The zero-order chi connectivity index (χ0) is 11.4. The van der Waals surface area contributed by atoms with Gasteiger partial charge in [0.2, 0.25) is 0 Å². The van der Waals surface area contributed by atoms with E-state index >= 15 is 0 Å². The average molecular weight is 218 g/mol. The van der Waals surface area contributed by atoms with Gasteiger partial charge in [0, 0.05) is 0 Å². The molecule has 0 aliphatic carbocycles. The summed E-state index contributed by atoms with van der Waals surface area (Å²) in [5.41, 5.74) is 0. The standard InChI is InChI=1S/C9H14O6/c1-2-3-14-9-8(13)7(12)6(11)5(4-10)15-9/h1,5-13H,3-4H2/t5?,6-,7?,8?,9?/m1/s1. The minimum Gasteiger partial charge on any atom is -0.394 e. The lowest BCUT2D eigenvalue weighted by molar-refractivity contribution is -0.298. The average Bonchev–Trinajstić information content (AvgIpc) is 2.25. The fourth-order valence-corrected chi connectivity index (χ4v) is 1.34. The first-order valence-electron chi connectivity index (χ1n) is 4.47. The summed E-state index contributed by atoms with van der Waals surface area (Å²) in [5.74, 6) is 2.17. The van der Waals surface area contributed by atoms with Gasteiger partial charge >= 0.3 is 0 Å². The van der Waals surface area contributed by atoms with Crippen LogP contribution in [0.3, 0.4) is 0 Å². The first kappa shape index (κ1) is 12.4. The highest BCUT2D eigenvalue weighted by atomic mass is 16.7. The Morgan fingerprint density at radius 3 is 2.40 bits per heavy atom. The van der Waals surface area contributed by atoms with E-state index in [2.05, 4.69) is 5.92 Å². The van der Waals surface area contributed by atoms with Gasteiger partial charge in [-0.15, -0.1) is 6.42 Å². The predicted molar refractivity (Wildman–Crippen MR) is 48.6 cm³/mol. The third-order valence-corrected chi connectivity index (χ3v) is 2.18. The van der Waals surface area contributed by atoms with Crippen LogP contribution in [0, 0.1) is 12.3 Å². The molecule has 4 N–H and O–H groups in total. The molecule has 0 amide bonds. The molecule has 1 saturated heterocycles. The molecule has 1 rings (SSSR count). The second kappa shape index (κ2) is 5.42. The Morgan fingerprint density at radius 1 is 1.20 bits per heavy atom. The summed E-state index contributed by atoms with van der Waals surface area (Å²) < 4.78 is 9.91. The molecule has 0 saturated carbocycles. The van der Waals surface area contributed by atoms with Crippen LogP contribution in [0.1, 0.15) is 0 Å². The fourth-order valence-electron chi connectivity index (χ4n) is 1.34. The molecule has 1 aliphatic rings. The van der Waals surface area contributed by atoms with Crippen molar-refractivity contribution in [2.24, 2.45) is 0 Å². The summed E-state index contributed by atoms with van der Waals surface area (Å²) in [5, 5.41) is 37.0. The molecule has 15 heavy (non-hydrogen) atoms. The molecule has 86 valence electrons. The van der Waals surface area contributed by atoms with Crippen LogP contribution in [0.15, 0.2) is 0 Å². The van der Waals surface area contributed by atoms with Crippen molar-refractivity contribution in [1.29, 1.82) is 0 Å². The van der Waals surface area contributed by atoms with Gasteiger partial charge in [0.25, 0.3) is 0 Å². The Hall–Kier alpha value is -0.680. The largest absolute Gasteiger partial charge is 0.394 e. The Labute approximate surface area is 87.1 Å². The van der Waals surface area contributed by atoms with Crippen molar-refractivity contribution in [2.45, 2.75) is 30.7 Å². The maximum atomic E-state index is 9.44. The monoisotopic (exact) mass is 218 g/mol. The zero-order valence-electron chi connectivity index (χ0n) is 7.98. The number of aliphatic hydroxyl groups excluding tert-OH is 4. The third-order valence-electron chi connectivity index (χ3n) is 2.18. The van der Waals surface area contributed by atoms with Gasteiger partial charge in [0.05, 0.1) is 6.61 Å². The summed E-state index contributed by atoms with van der Waals surface area (Å²) in [6, 6.07) is 0. The normalized spacial score (nSPS) is 41.1. The maximum Gasteiger partial charge on any atom is 0.187 e. The van der Waals surface area contributed by atoms with Crippen LogP contribution >= 0.6 is 0 Å². The number of hydrogen-bond donors (Lipinski definition) is 4. The molecule has 6 nitrogen and oxygen atoms in total. The summed E-state index contributed by atoms with van der Waals surface area (Å²) in [4.78, 5) is 0. The van der Waals surface area contributed by atoms with Crippen LogP contribution in [0.25, 0.3) is 0 Å². The van der Waals surface area contributed by atoms with Crippen molar-refractivity contribution in [3.8, 4) is 12.3 Å². The van der Waals surface area contributed by atoms with Gasteiger partial charge in [-0.05, 0) is 0 Å². The number of aliphatic hydroxyl groups is 4. The van der Waals surface area contributed by atoms with Crippen molar-refractivity contribution in [3.05, 3.63) is 0 Å². The summed E-state index contributed by atoms with van der Waals surface area (Å²) in [6.07, 6.45) is -1.36. The van der Waals surface area contributed by atoms with Crippen LogP contribution in [-0.2, 0) is 9.47 Å². The molecule has 4 unspecified atom stereocenters. The molecular formula is C9H14O6. The van der Waals surface area contributed by atoms with Gasteiger partial charge < -0.3 is 29.9 Å². The Balaban J connectivity index is 2.62. The molecule has 0 aromatic carbocycles. The first-order chi connectivity index (χ1) is 7.11. The molecule has 1 aliphatic heterocycles. The Bertz CT molecular complexity index is 235. The number of hydrogen-bond acceptors (Lipinski definition) is 6. The minimum absolute atomic E-state index is 0.0946. The highest BCUT2D eigenvalue weighted by molar-refractivity contribution is 4.90. The van der Waals surface area contributed by atoms with Gasteiger partial charge in [-0.3, -0.25) is 0 Å². The first-order valence-corrected chi connectivity index (χ1v) is 4.47. The second-order valence-corrected chi connectivity index (χ2v) is 3.21. The molecule has 0 bridgehead atoms. The van der Waals surface area contributed by atoms with Gasteiger partial charge in [-0.1, -0.05) is 5.92 Å². The molecule has 6 heteroatoms. The maximum absolute atomic E-state index is 9.44. The lowest BCUT2D eigenvalue weighted by atomic mass is 9.99. The van der Waals surface area contributed by atoms with Crippen molar-refractivity contribution in [3.63, 3.8) is 0 Å². The molecule has 0 aromatic rings. The van der Waals surface area contributed by atoms with Crippen LogP contribution in [0.4, 0.5) is 0 Å². The van der Waals surface area contributed by atoms with E-state index in [1.165, 1.54) is 0 Å². The lowest BCUT2D eigenvalue weighted by Crippen LogP contribution is -2.59. The fraction of sp³-hybridized carbons (Fsp3) is 0.778. The van der Waals surface area contributed by atoms with Crippen molar-refractivity contribution in [1.82, 2.24) is 0 Å². The Kier molecular flexibility index (Phi) is 4.47. The third kappa shape index (κ3) is 2.66. The van der Waals surface area contributed by atoms with Crippen LogP contribution < -0.4 is 0 Å². The van der Waals surface area contributed by atoms with E-state index < -0.39 is 37.3 Å². The SMILES string of the molecule is C#CCOC1OC(CO)[C@@H](O)C(O)C1O. The summed E-state index contributed by atoms with van der Waals surface area (Å²) >= 11 is 0. The van der Waals surface area contributed by atoms with E-state index in [1.54, 1.807) is 0 Å². The zero-order valence-corrected chi connectivity index (χ0v) is 7.98. The molecule has 0 spiro atoms. The molecule has 0 aromatic heterocycles. The van der Waals surface area contributed by atoms with Gasteiger partial charge in [0.1, 0.15) is 31.0 Å². The number of rotatable bonds is 3. The van der Waals surface area contributed by atoms with E-state index in [0.717, 1.165) is 0 Å². The van der Waals surface area contributed by atoms with Crippen molar-refractivity contribution in [2.75, 3.05) is 13.2 Å². The van der Waals surface area contributed by atoms with Crippen molar-refractivity contribution >= 4 is 0 Å². The van der Waals surface area contributed by atoms with Crippen LogP contribution in [0.2, 0.25) is 0 Å². The van der Waals surface area contributed by atoms with E-state index in [9.17, 15) is 15.3 Å². The van der Waals surface area contributed by atoms with Crippen LogP contribution in [0.5, 0.6) is 0 Å². The van der Waals surface area contributed by atoms with E-state index in [0.29, 0.717) is 0 Å².